The van der Waals surface area contributed by atoms with Crippen LogP contribution >= 0.6 is 0 Å². The van der Waals surface area contributed by atoms with Gasteiger partial charge in [-0.15, -0.1) is 0 Å². The molecule has 0 saturated heterocycles. The molecule has 0 aromatic heterocycles. The molecule has 36 heavy (non-hydrogen) atoms. The highest BCUT2D eigenvalue weighted by Gasteiger charge is 2.22. The summed E-state index contributed by atoms with van der Waals surface area (Å²) in [6, 6.07) is 11.4. The number of aliphatic hydroxyl groups is 1. The van der Waals surface area contributed by atoms with Gasteiger partial charge in [0.25, 0.3) is 0 Å². The number of aliphatic hydroxyl groups excluding tert-OH is 1. The molecule has 0 spiro atoms. The molecule has 0 bridgehead atoms. The van der Waals surface area contributed by atoms with Crippen molar-refractivity contribution in [2.75, 3.05) is 20.7 Å². The Kier molecular flexibility index (Phi) is 8.76. The number of rotatable bonds is 9. The first-order valence-corrected chi connectivity index (χ1v) is 13.2. The summed E-state index contributed by atoms with van der Waals surface area (Å²) >= 11 is 0. The van der Waals surface area contributed by atoms with E-state index in [1.54, 1.807) is 12.1 Å². The number of hydrogen-bond acceptors (Lipinski definition) is 4. The molecule has 1 saturated carbocycles. The Morgan fingerprint density at radius 3 is 2.75 bits per heavy atom. The molecule has 0 aliphatic heterocycles. The van der Waals surface area contributed by atoms with E-state index in [9.17, 15) is 14.3 Å². The molecule has 0 heterocycles. The monoisotopic (exact) mass is 491 g/mol. The van der Waals surface area contributed by atoms with Crippen LogP contribution in [0.3, 0.4) is 0 Å². The van der Waals surface area contributed by atoms with Gasteiger partial charge in [0.05, 0.1) is 6.10 Å². The Balaban J connectivity index is 1.43. The molecule has 1 fully saturated rings. The van der Waals surface area contributed by atoms with Gasteiger partial charge in [0, 0.05) is 29.2 Å². The Labute approximate surface area is 214 Å². The van der Waals surface area contributed by atoms with Crippen molar-refractivity contribution in [1.29, 1.82) is 0 Å². The lowest BCUT2D eigenvalue weighted by molar-refractivity contribution is 0.0990. The maximum absolute atomic E-state index is 15.0. The van der Waals surface area contributed by atoms with Crippen LogP contribution in [0.2, 0.25) is 0 Å². The van der Waals surface area contributed by atoms with E-state index in [1.165, 1.54) is 5.57 Å². The van der Waals surface area contributed by atoms with Crippen LogP contribution in [0, 0.1) is 5.82 Å². The first kappa shape index (κ1) is 26.3. The molecule has 2 aromatic rings. The predicted molar refractivity (Wildman–Crippen MR) is 143 cm³/mol. The van der Waals surface area contributed by atoms with Crippen LogP contribution in [0.4, 0.5) is 4.39 Å². The van der Waals surface area contributed by atoms with Crippen molar-refractivity contribution in [2.45, 2.75) is 70.4 Å². The summed E-state index contributed by atoms with van der Waals surface area (Å²) in [5.41, 5.74) is 5.06. The number of benzene rings is 2. The number of ether oxygens (including phenoxy) is 1. The van der Waals surface area contributed by atoms with Gasteiger partial charge in [-0.2, -0.15) is 0 Å². The topological polar surface area (TPSA) is 49.8 Å². The standard InChI is InChI=1S/C31H38FNO3/c1-4-6-27(34)20-36-28-13-14-29-23(19-28)7-5-8-25(31(29)35)16-22-9-11-24(30(32)18-22)15-21-10-12-26(17-21)33(2)3/h8-9,11,13-15,18-19,26-27,34H,4-7,10,12,16-17,20H2,1-3H3/t26-,27?/m1/s1. The lowest BCUT2D eigenvalue weighted by atomic mass is 9.95. The van der Waals surface area contributed by atoms with Crippen LogP contribution in [0.1, 0.15) is 72.5 Å². The minimum Gasteiger partial charge on any atom is -0.491 e. The quantitative estimate of drug-likeness (QED) is 0.456. The Morgan fingerprint density at radius 1 is 1.19 bits per heavy atom. The van der Waals surface area contributed by atoms with E-state index in [0.717, 1.165) is 49.7 Å². The fourth-order valence-corrected chi connectivity index (χ4v) is 5.19. The van der Waals surface area contributed by atoms with E-state index in [4.69, 9.17) is 4.74 Å². The fraction of sp³-hybridized carbons (Fsp3) is 0.452. The molecule has 0 radical (unpaired) electrons. The molecule has 1 N–H and O–H groups in total. The van der Waals surface area contributed by atoms with Crippen LogP contribution in [-0.4, -0.2) is 48.6 Å². The Morgan fingerprint density at radius 2 is 2.03 bits per heavy atom. The van der Waals surface area contributed by atoms with Crippen LogP contribution < -0.4 is 4.74 Å². The van der Waals surface area contributed by atoms with Crippen molar-refractivity contribution < 1.29 is 19.0 Å². The summed E-state index contributed by atoms with van der Waals surface area (Å²) in [4.78, 5) is 15.6. The summed E-state index contributed by atoms with van der Waals surface area (Å²) in [5.74, 6) is 0.431. The lowest BCUT2D eigenvalue weighted by Gasteiger charge is -2.17. The molecule has 2 aromatic carbocycles. The van der Waals surface area contributed by atoms with Gasteiger partial charge in [-0.3, -0.25) is 4.79 Å². The van der Waals surface area contributed by atoms with E-state index in [1.807, 2.05) is 43.3 Å². The van der Waals surface area contributed by atoms with Gasteiger partial charge >= 0.3 is 0 Å². The van der Waals surface area contributed by atoms with Crippen LogP contribution in [0.25, 0.3) is 6.08 Å². The molecule has 192 valence electrons. The minimum atomic E-state index is -0.486. The van der Waals surface area contributed by atoms with Gasteiger partial charge in [-0.05, 0) is 88.0 Å². The fourth-order valence-electron chi connectivity index (χ4n) is 5.19. The van der Waals surface area contributed by atoms with E-state index in [-0.39, 0.29) is 18.2 Å². The number of aryl methyl sites for hydroxylation is 1. The molecule has 0 amide bonds. The van der Waals surface area contributed by atoms with Gasteiger partial charge in [-0.25, -0.2) is 4.39 Å². The number of allylic oxidation sites excluding steroid dienone is 2. The summed E-state index contributed by atoms with van der Waals surface area (Å²) in [6.07, 6.45) is 10.1. The van der Waals surface area contributed by atoms with Gasteiger partial charge in [0.15, 0.2) is 5.78 Å². The van der Waals surface area contributed by atoms with Gasteiger partial charge < -0.3 is 14.7 Å². The van der Waals surface area contributed by atoms with E-state index >= 15 is 0 Å². The highest BCUT2D eigenvalue weighted by Crippen LogP contribution is 2.31. The predicted octanol–water partition coefficient (Wildman–Crippen LogP) is 6.16. The number of ketones is 1. The third kappa shape index (κ3) is 6.51. The number of hydrogen-bond donors (Lipinski definition) is 1. The third-order valence-corrected chi connectivity index (χ3v) is 7.33. The summed E-state index contributed by atoms with van der Waals surface area (Å²) < 4.78 is 20.7. The highest BCUT2D eigenvalue weighted by molar-refractivity contribution is 6.10. The second-order valence-electron chi connectivity index (χ2n) is 10.4. The molecular weight excluding hydrogens is 453 g/mol. The average molecular weight is 492 g/mol. The van der Waals surface area contributed by atoms with Crippen LogP contribution in [0.15, 0.2) is 53.6 Å². The normalized spacial score (nSPS) is 19.8. The molecule has 5 heteroatoms. The smallest absolute Gasteiger partial charge is 0.189 e. The minimum absolute atomic E-state index is 0.00708. The number of Topliss-reactive ketones (excluding diaryl/α,β-unsaturated/α-hetero) is 1. The SMILES string of the molecule is CCCC(O)COc1ccc2c(c1)CCC=C(Cc1ccc(C=C3CC[C@@H](N(C)C)C3)c(F)c1)C2=O. The van der Waals surface area contributed by atoms with E-state index < -0.39 is 6.10 Å². The van der Waals surface area contributed by atoms with Gasteiger partial charge in [0.1, 0.15) is 18.2 Å². The third-order valence-electron chi connectivity index (χ3n) is 7.33. The summed E-state index contributed by atoms with van der Waals surface area (Å²) in [7, 11) is 4.19. The van der Waals surface area contributed by atoms with Gasteiger partial charge in [-0.1, -0.05) is 43.2 Å². The molecular formula is C31H38FNO3. The van der Waals surface area contributed by atoms with Crippen molar-refractivity contribution in [3.8, 4) is 5.75 Å². The largest absolute Gasteiger partial charge is 0.491 e. The number of carbonyl (C=O) groups excluding carboxylic acids is 1. The average Bonchev–Trinajstić information content (AvgIpc) is 3.27. The molecule has 1 unspecified atom stereocenters. The van der Waals surface area contributed by atoms with E-state index in [0.29, 0.717) is 41.3 Å². The lowest BCUT2D eigenvalue weighted by Crippen LogP contribution is -2.24. The molecule has 4 nitrogen and oxygen atoms in total. The molecule has 4 rings (SSSR count). The maximum Gasteiger partial charge on any atom is 0.189 e. The zero-order valence-corrected chi connectivity index (χ0v) is 21.7. The van der Waals surface area contributed by atoms with Crippen LogP contribution in [-0.2, 0) is 12.8 Å². The maximum atomic E-state index is 15.0. The zero-order valence-electron chi connectivity index (χ0n) is 21.7. The Hall–Kier alpha value is -2.76. The second kappa shape index (κ2) is 12.0. The summed E-state index contributed by atoms with van der Waals surface area (Å²) in [6.45, 7) is 2.28. The van der Waals surface area contributed by atoms with Crippen LogP contribution in [0.5, 0.6) is 5.75 Å². The van der Waals surface area contributed by atoms with Crippen molar-refractivity contribution >= 4 is 11.9 Å². The first-order valence-electron chi connectivity index (χ1n) is 13.2. The van der Waals surface area contributed by atoms with Crippen molar-refractivity contribution in [3.63, 3.8) is 0 Å². The number of halogens is 1. The zero-order chi connectivity index (χ0) is 25.7. The molecule has 2 aliphatic carbocycles. The van der Waals surface area contributed by atoms with Crippen molar-refractivity contribution in [2.24, 2.45) is 0 Å². The summed E-state index contributed by atoms with van der Waals surface area (Å²) in [5, 5.41) is 9.93. The Bertz CT molecular complexity index is 1150. The number of carbonyl (C=O) groups is 1. The van der Waals surface area contributed by atoms with Gasteiger partial charge in [0.2, 0.25) is 0 Å². The van der Waals surface area contributed by atoms with Crippen molar-refractivity contribution in [1.82, 2.24) is 4.90 Å². The van der Waals surface area contributed by atoms with E-state index in [2.05, 4.69) is 19.0 Å². The first-order chi connectivity index (χ1) is 17.3. The number of fused-ring (bicyclic) bond motifs is 1. The molecule has 2 aliphatic rings. The highest BCUT2D eigenvalue weighted by atomic mass is 19.1. The number of nitrogens with zero attached hydrogens (tertiary/aromatic N) is 1. The second-order valence-corrected chi connectivity index (χ2v) is 10.4. The van der Waals surface area contributed by atoms with Crippen molar-refractivity contribution in [3.05, 3.63) is 81.7 Å². The molecule has 2 atom stereocenters.